The lowest BCUT2D eigenvalue weighted by Crippen LogP contribution is -2.49. The van der Waals surface area contributed by atoms with Crippen LogP contribution in [-0.2, 0) is 30.9 Å². The number of carbonyl (C=O) groups excluding carboxylic acids is 3. The second kappa shape index (κ2) is 8.80. The quantitative estimate of drug-likeness (QED) is 0.593. The molecule has 3 aliphatic rings. The Morgan fingerprint density at radius 3 is 2.41 bits per heavy atom. The van der Waals surface area contributed by atoms with Crippen molar-refractivity contribution < 1.29 is 27.5 Å². The molecule has 2 saturated heterocycles. The van der Waals surface area contributed by atoms with Crippen LogP contribution >= 0.6 is 0 Å². The van der Waals surface area contributed by atoms with E-state index in [9.17, 15) is 22.8 Å². The number of benzene rings is 1. The molecule has 4 rings (SSSR count). The summed E-state index contributed by atoms with van der Waals surface area (Å²) < 4.78 is 32.0. The van der Waals surface area contributed by atoms with E-state index in [4.69, 9.17) is 4.74 Å². The smallest absolute Gasteiger partial charge is 0.325 e. The summed E-state index contributed by atoms with van der Waals surface area (Å²) in [6.07, 6.45) is 2.94. The van der Waals surface area contributed by atoms with Gasteiger partial charge in [0.05, 0.1) is 18.1 Å². The van der Waals surface area contributed by atoms with Crippen LogP contribution < -0.4 is 10.6 Å². The first-order valence-electron chi connectivity index (χ1n) is 10.8. The Kier molecular flexibility index (Phi) is 6.24. The van der Waals surface area contributed by atoms with Gasteiger partial charge in [0.1, 0.15) is 11.6 Å². The van der Waals surface area contributed by atoms with Crippen LogP contribution in [0.4, 0.5) is 4.79 Å². The molecule has 0 aromatic heterocycles. The summed E-state index contributed by atoms with van der Waals surface area (Å²) in [6, 6.07) is 4.83. The summed E-state index contributed by atoms with van der Waals surface area (Å²) in [5, 5.41) is 5.50. The second-order valence-corrected chi connectivity index (χ2v) is 10.4. The molecule has 11 heteroatoms. The molecule has 1 aliphatic carbocycles. The van der Waals surface area contributed by atoms with Crippen LogP contribution in [0.25, 0.3) is 0 Å². The Labute approximate surface area is 187 Å². The number of morpholine rings is 1. The average Bonchev–Trinajstić information content (AvgIpc) is 3.36. The number of hydrogen-bond donors (Lipinski definition) is 2. The number of carbonyl (C=O) groups is 3. The number of sulfonamides is 1. The first kappa shape index (κ1) is 22.7. The molecule has 1 unspecified atom stereocenters. The third kappa shape index (κ3) is 4.12. The monoisotopic (exact) mass is 464 g/mol. The van der Waals surface area contributed by atoms with Crippen molar-refractivity contribution in [3.63, 3.8) is 0 Å². The van der Waals surface area contributed by atoms with Gasteiger partial charge in [-0.25, -0.2) is 18.1 Å². The van der Waals surface area contributed by atoms with Crippen molar-refractivity contribution >= 4 is 27.9 Å². The molecule has 2 heterocycles. The molecule has 0 radical (unpaired) electrons. The average molecular weight is 465 g/mol. The van der Waals surface area contributed by atoms with Gasteiger partial charge in [-0.1, -0.05) is 25.0 Å². The predicted molar refractivity (Wildman–Crippen MR) is 114 cm³/mol. The summed E-state index contributed by atoms with van der Waals surface area (Å²) in [7, 11) is -3.58. The van der Waals surface area contributed by atoms with Crippen molar-refractivity contribution in [3.05, 3.63) is 29.8 Å². The van der Waals surface area contributed by atoms with Crippen molar-refractivity contribution in [3.8, 4) is 0 Å². The van der Waals surface area contributed by atoms with Crippen molar-refractivity contribution in [2.45, 2.75) is 55.6 Å². The number of nitrogens with one attached hydrogen (secondary N) is 2. The lowest BCUT2D eigenvalue weighted by molar-refractivity contribution is -0.137. The van der Waals surface area contributed by atoms with Crippen LogP contribution in [0, 0.1) is 0 Å². The molecule has 1 aromatic rings. The van der Waals surface area contributed by atoms with Crippen LogP contribution in [-0.4, -0.2) is 73.4 Å². The van der Waals surface area contributed by atoms with Gasteiger partial charge >= 0.3 is 6.03 Å². The van der Waals surface area contributed by atoms with Gasteiger partial charge in [0.15, 0.2) is 0 Å². The first-order chi connectivity index (χ1) is 15.2. The Balaban J connectivity index is 1.36. The highest BCUT2D eigenvalue weighted by Crippen LogP contribution is 2.35. The van der Waals surface area contributed by atoms with Gasteiger partial charge < -0.3 is 15.4 Å². The Morgan fingerprint density at radius 1 is 1.16 bits per heavy atom. The molecule has 32 heavy (non-hydrogen) atoms. The molecule has 1 aromatic carbocycles. The minimum atomic E-state index is -3.58. The van der Waals surface area contributed by atoms with Gasteiger partial charge in [0.2, 0.25) is 15.9 Å². The minimum Gasteiger partial charge on any atom is -0.379 e. The molecule has 0 bridgehead atoms. The molecule has 1 saturated carbocycles. The maximum Gasteiger partial charge on any atom is 0.325 e. The summed E-state index contributed by atoms with van der Waals surface area (Å²) in [6.45, 7) is 3.07. The van der Waals surface area contributed by atoms with Crippen LogP contribution in [0.15, 0.2) is 29.2 Å². The van der Waals surface area contributed by atoms with Crippen molar-refractivity contribution in [2.75, 3.05) is 26.3 Å². The fourth-order valence-electron chi connectivity index (χ4n) is 4.48. The highest BCUT2D eigenvalue weighted by atomic mass is 32.2. The number of amides is 4. The van der Waals surface area contributed by atoms with Crippen LogP contribution in [0.3, 0.4) is 0 Å². The lowest BCUT2D eigenvalue weighted by Gasteiger charge is -2.26. The highest BCUT2D eigenvalue weighted by Gasteiger charge is 2.54. The highest BCUT2D eigenvalue weighted by molar-refractivity contribution is 7.89. The third-order valence-electron chi connectivity index (χ3n) is 6.41. The maximum atomic E-state index is 12.8. The number of urea groups is 1. The van der Waals surface area contributed by atoms with Gasteiger partial charge in [-0.3, -0.25) is 9.59 Å². The van der Waals surface area contributed by atoms with E-state index in [-0.39, 0.29) is 17.3 Å². The van der Waals surface area contributed by atoms with E-state index in [1.165, 1.54) is 23.4 Å². The zero-order chi connectivity index (χ0) is 22.9. The van der Waals surface area contributed by atoms with Gasteiger partial charge in [0.25, 0.3) is 5.91 Å². The fraction of sp³-hybridized carbons (Fsp3) is 0.571. The summed E-state index contributed by atoms with van der Waals surface area (Å²) >= 11 is 0. The Morgan fingerprint density at radius 2 is 1.78 bits per heavy atom. The molecule has 10 nitrogen and oxygen atoms in total. The number of hydrogen-bond acceptors (Lipinski definition) is 6. The molecular formula is C21H28N4O6S. The standard InChI is InChI=1S/C21H28N4O6S/c1-15(25-19(27)21(23-20(25)28)8-2-3-9-21)18(26)22-14-16-4-6-17(7-5-16)32(29,30)24-10-12-31-13-11-24/h4-7,15H,2-3,8-14H2,1H3,(H,22,26)(H,23,28). The van der Waals surface area contributed by atoms with Crippen molar-refractivity contribution in [1.29, 1.82) is 0 Å². The zero-order valence-corrected chi connectivity index (χ0v) is 18.8. The predicted octanol–water partition coefficient (Wildman–Crippen LogP) is 0.577. The van der Waals surface area contributed by atoms with E-state index in [1.54, 1.807) is 12.1 Å². The molecule has 2 aliphatic heterocycles. The lowest BCUT2D eigenvalue weighted by atomic mass is 9.97. The summed E-state index contributed by atoms with van der Waals surface area (Å²) in [5.41, 5.74) is -0.149. The number of imide groups is 1. The molecular weight excluding hydrogens is 436 g/mol. The van der Waals surface area contributed by atoms with E-state index >= 15 is 0 Å². The van der Waals surface area contributed by atoms with Gasteiger partial charge in [-0.15, -0.1) is 0 Å². The first-order valence-corrected chi connectivity index (χ1v) is 12.3. The third-order valence-corrected chi connectivity index (χ3v) is 8.33. The van der Waals surface area contributed by atoms with E-state index < -0.39 is 33.5 Å². The normalized spacial score (nSPS) is 22.2. The molecule has 174 valence electrons. The van der Waals surface area contributed by atoms with Crippen molar-refractivity contribution in [1.82, 2.24) is 19.8 Å². The molecule has 3 fully saturated rings. The van der Waals surface area contributed by atoms with E-state index in [2.05, 4.69) is 10.6 Å². The van der Waals surface area contributed by atoms with E-state index in [1.807, 2.05) is 0 Å². The number of rotatable bonds is 6. The Bertz CT molecular complexity index is 998. The van der Waals surface area contributed by atoms with E-state index in [0.717, 1.165) is 17.7 Å². The topological polar surface area (TPSA) is 125 Å². The van der Waals surface area contributed by atoms with Crippen LogP contribution in [0.1, 0.15) is 38.2 Å². The van der Waals surface area contributed by atoms with Gasteiger partial charge in [-0.2, -0.15) is 4.31 Å². The summed E-state index contributed by atoms with van der Waals surface area (Å²) in [5.74, 6) is -0.783. The van der Waals surface area contributed by atoms with Gasteiger partial charge in [0, 0.05) is 19.6 Å². The molecule has 1 atom stereocenters. The van der Waals surface area contributed by atoms with Crippen LogP contribution in [0.2, 0.25) is 0 Å². The second-order valence-electron chi connectivity index (χ2n) is 8.45. The zero-order valence-electron chi connectivity index (χ0n) is 18.0. The summed E-state index contributed by atoms with van der Waals surface area (Å²) in [4.78, 5) is 39.0. The van der Waals surface area contributed by atoms with Crippen molar-refractivity contribution in [2.24, 2.45) is 0 Å². The number of ether oxygens (including phenoxy) is 1. The number of nitrogens with zero attached hydrogens (tertiary/aromatic N) is 2. The SMILES string of the molecule is CC(C(=O)NCc1ccc(S(=O)(=O)N2CCOCC2)cc1)N1C(=O)NC2(CCCC2)C1=O. The largest absolute Gasteiger partial charge is 0.379 e. The molecule has 1 spiro atoms. The van der Waals surface area contributed by atoms with E-state index in [0.29, 0.717) is 44.7 Å². The molecule has 2 N–H and O–H groups in total. The molecule has 4 amide bonds. The maximum absolute atomic E-state index is 12.8. The van der Waals surface area contributed by atoms with Crippen LogP contribution in [0.5, 0.6) is 0 Å². The fourth-order valence-corrected chi connectivity index (χ4v) is 5.89. The minimum absolute atomic E-state index is 0.149. The van der Waals surface area contributed by atoms with Gasteiger partial charge in [-0.05, 0) is 37.5 Å². The Hall–Kier alpha value is -2.50.